The fourth-order valence-corrected chi connectivity index (χ4v) is 2.02. The summed E-state index contributed by atoms with van der Waals surface area (Å²) in [6.07, 6.45) is 0.781. The minimum atomic E-state index is -0.211. The van der Waals surface area contributed by atoms with Crippen LogP contribution < -0.4 is 5.32 Å². The Morgan fingerprint density at radius 1 is 1.31 bits per heavy atom. The fourth-order valence-electron chi connectivity index (χ4n) is 1.20. The van der Waals surface area contributed by atoms with Gasteiger partial charge in [0.2, 0.25) is 0 Å². The number of rotatable bonds is 4. The highest BCUT2D eigenvalue weighted by Gasteiger charge is 2.12. The summed E-state index contributed by atoms with van der Waals surface area (Å²) >= 11 is 17.3. The average molecular weight is 281 g/mol. The first kappa shape index (κ1) is 13.6. The van der Waals surface area contributed by atoms with Crippen LogP contribution in [0.25, 0.3) is 0 Å². The summed E-state index contributed by atoms with van der Waals surface area (Å²) in [5.41, 5.74) is 0.445. The van der Waals surface area contributed by atoms with E-state index in [4.69, 9.17) is 34.8 Å². The van der Waals surface area contributed by atoms with Crippen molar-refractivity contribution in [3.05, 3.63) is 33.8 Å². The number of amides is 1. The van der Waals surface area contributed by atoms with E-state index in [0.29, 0.717) is 21.5 Å². The summed E-state index contributed by atoms with van der Waals surface area (Å²) in [6.45, 7) is 1.96. The molecule has 16 heavy (non-hydrogen) atoms. The van der Waals surface area contributed by atoms with Crippen LogP contribution in [0.15, 0.2) is 18.2 Å². The monoisotopic (exact) mass is 279 g/mol. The molecule has 0 aromatic heterocycles. The van der Waals surface area contributed by atoms with Crippen molar-refractivity contribution in [2.45, 2.75) is 19.4 Å². The van der Waals surface area contributed by atoms with Crippen molar-refractivity contribution < 1.29 is 4.79 Å². The quantitative estimate of drug-likeness (QED) is 0.836. The zero-order chi connectivity index (χ0) is 12.1. The van der Waals surface area contributed by atoms with Crippen LogP contribution in [0, 0.1) is 0 Å². The normalized spacial score (nSPS) is 12.2. The molecular weight excluding hydrogens is 268 g/mol. The predicted octanol–water partition coefficient (Wildman–Crippen LogP) is 3.74. The topological polar surface area (TPSA) is 29.1 Å². The predicted molar refractivity (Wildman–Crippen MR) is 68.7 cm³/mol. The van der Waals surface area contributed by atoms with Crippen molar-refractivity contribution in [1.29, 1.82) is 0 Å². The molecule has 2 nitrogen and oxygen atoms in total. The smallest absolute Gasteiger partial charge is 0.251 e. The molecule has 1 rings (SSSR count). The lowest BCUT2D eigenvalue weighted by Gasteiger charge is -2.13. The van der Waals surface area contributed by atoms with E-state index >= 15 is 0 Å². The van der Waals surface area contributed by atoms with Gasteiger partial charge in [0, 0.05) is 27.5 Å². The molecule has 0 fully saturated rings. The lowest BCUT2D eigenvalue weighted by Crippen LogP contribution is -2.35. The maximum atomic E-state index is 11.8. The number of carbonyl (C=O) groups is 1. The van der Waals surface area contributed by atoms with Gasteiger partial charge in [0.05, 0.1) is 0 Å². The molecule has 1 aromatic carbocycles. The van der Waals surface area contributed by atoms with Crippen molar-refractivity contribution in [2.75, 3.05) is 5.88 Å². The molecule has 0 saturated heterocycles. The minimum Gasteiger partial charge on any atom is -0.348 e. The molecule has 0 radical (unpaired) electrons. The average Bonchev–Trinajstić information content (AvgIpc) is 2.24. The molecule has 1 aromatic rings. The Balaban J connectivity index is 2.80. The highest BCUT2D eigenvalue weighted by Crippen LogP contribution is 2.19. The van der Waals surface area contributed by atoms with E-state index in [1.165, 1.54) is 0 Å². The maximum Gasteiger partial charge on any atom is 0.251 e. The van der Waals surface area contributed by atoms with Crippen molar-refractivity contribution in [3.8, 4) is 0 Å². The first-order chi connectivity index (χ1) is 7.56. The summed E-state index contributed by atoms with van der Waals surface area (Å²) in [4.78, 5) is 11.8. The first-order valence-electron chi connectivity index (χ1n) is 4.89. The fraction of sp³-hybridized carbons (Fsp3) is 0.364. The van der Waals surface area contributed by atoms with Gasteiger partial charge >= 0.3 is 0 Å². The Hall–Kier alpha value is -0.440. The van der Waals surface area contributed by atoms with Crippen LogP contribution in [0.5, 0.6) is 0 Å². The number of nitrogens with one attached hydrogen (secondary N) is 1. The number of hydrogen-bond donors (Lipinski definition) is 1. The van der Waals surface area contributed by atoms with E-state index in [-0.39, 0.29) is 11.9 Å². The van der Waals surface area contributed by atoms with Crippen LogP contribution >= 0.6 is 34.8 Å². The number of hydrogen-bond acceptors (Lipinski definition) is 1. The lowest BCUT2D eigenvalue weighted by molar-refractivity contribution is 0.0940. The molecule has 0 bridgehead atoms. The van der Waals surface area contributed by atoms with Gasteiger partial charge in [-0.15, -0.1) is 11.6 Å². The van der Waals surface area contributed by atoms with E-state index in [2.05, 4.69) is 5.32 Å². The Kier molecular flexibility index (Phi) is 5.39. The van der Waals surface area contributed by atoms with Gasteiger partial charge in [-0.25, -0.2) is 0 Å². The summed E-state index contributed by atoms with van der Waals surface area (Å²) in [5, 5.41) is 3.68. The highest BCUT2D eigenvalue weighted by atomic mass is 35.5. The Morgan fingerprint density at radius 2 is 1.88 bits per heavy atom. The van der Waals surface area contributed by atoms with Gasteiger partial charge in [-0.2, -0.15) is 0 Å². The van der Waals surface area contributed by atoms with E-state index in [1.807, 2.05) is 6.92 Å². The molecule has 0 heterocycles. The molecule has 1 unspecified atom stereocenters. The number of halogens is 3. The van der Waals surface area contributed by atoms with Crippen LogP contribution in [-0.2, 0) is 0 Å². The third-order valence-corrected chi connectivity index (χ3v) is 2.95. The van der Waals surface area contributed by atoms with Crippen LogP contribution in [0.1, 0.15) is 23.7 Å². The van der Waals surface area contributed by atoms with E-state index in [0.717, 1.165) is 6.42 Å². The summed E-state index contributed by atoms with van der Waals surface area (Å²) in [7, 11) is 0. The van der Waals surface area contributed by atoms with Crippen molar-refractivity contribution >= 4 is 40.7 Å². The standard InChI is InChI=1S/C11H12Cl3NO/c1-2-10(6-12)15-11(16)7-3-8(13)5-9(14)4-7/h3-5,10H,2,6H2,1H3,(H,15,16). The molecule has 1 N–H and O–H groups in total. The Bertz CT molecular complexity index is 357. The Labute approximate surface area is 110 Å². The summed E-state index contributed by atoms with van der Waals surface area (Å²) < 4.78 is 0. The van der Waals surface area contributed by atoms with Crippen molar-refractivity contribution in [3.63, 3.8) is 0 Å². The Morgan fingerprint density at radius 3 is 2.31 bits per heavy atom. The van der Waals surface area contributed by atoms with Crippen LogP contribution in [-0.4, -0.2) is 17.8 Å². The number of alkyl halides is 1. The van der Waals surface area contributed by atoms with Crippen LogP contribution in [0.2, 0.25) is 10.0 Å². The van der Waals surface area contributed by atoms with Crippen molar-refractivity contribution in [1.82, 2.24) is 5.32 Å². The zero-order valence-corrected chi connectivity index (χ0v) is 11.0. The molecule has 0 aliphatic heterocycles. The molecule has 0 spiro atoms. The molecule has 1 amide bonds. The maximum absolute atomic E-state index is 11.8. The molecule has 0 aliphatic carbocycles. The van der Waals surface area contributed by atoms with Gasteiger partial charge in [0.25, 0.3) is 5.91 Å². The number of carbonyl (C=O) groups excluding carboxylic acids is 1. The van der Waals surface area contributed by atoms with Gasteiger partial charge < -0.3 is 5.32 Å². The van der Waals surface area contributed by atoms with Crippen LogP contribution in [0.3, 0.4) is 0 Å². The van der Waals surface area contributed by atoms with Crippen LogP contribution in [0.4, 0.5) is 0 Å². The minimum absolute atomic E-state index is 0.0353. The van der Waals surface area contributed by atoms with Gasteiger partial charge in [0.1, 0.15) is 0 Å². The second kappa shape index (κ2) is 6.33. The molecule has 88 valence electrons. The second-order valence-electron chi connectivity index (χ2n) is 3.39. The molecule has 0 saturated carbocycles. The molecular formula is C11H12Cl3NO. The third-order valence-electron chi connectivity index (χ3n) is 2.14. The van der Waals surface area contributed by atoms with Crippen molar-refractivity contribution in [2.24, 2.45) is 0 Å². The van der Waals surface area contributed by atoms with Gasteiger partial charge in [0.15, 0.2) is 0 Å². The lowest BCUT2D eigenvalue weighted by atomic mass is 10.2. The van der Waals surface area contributed by atoms with Gasteiger partial charge in [-0.1, -0.05) is 30.1 Å². The second-order valence-corrected chi connectivity index (χ2v) is 4.57. The van der Waals surface area contributed by atoms with E-state index in [9.17, 15) is 4.79 Å². The molecule has 5 heteroatoms. The number of benzene rings is 1. The van der Waals surface area contributed by atoms with E-state index in [1.54, 1.807) is 18.2 Å². The van der Waals surface area contributed by atoms with Gasteiger partial charge in [-0.3, -0.25) is 4.79 Å². The summed E-state index contributed by atoms with van der Waals surface area (Å²) in [5.74, 6) is 0.174. The molecule has 1 atom stereocenters. The zero-order valence-electron chi connectivity index (χ0n) is 8.77. The van der Waals surface area contributed by atoms with Gasteiger partial charge in [-0.05, 0) is 24.6 Å². The third kappa shape index (κ3) is 3.85. The summed E-state index contributed by atoms with van der Waals surface area (Å²) in [6, 6.07) is 4.69. The SMILES string of the molecule is CCC(CCl)NC(=O)c1cc(Cl)cc(Cl)c1. The highest BCUT2D eigenvalue weighted by molar-refractivity contribution is 6.35. The van der Waals surface area contributed by atoms with E-state index < -0.39 is 0 Å². The molecule has 0 aliphatic rings. The first-order valence-corrected chi connectivity index (χ1v) is 6.18. The largest absolute Gasteiger partial charge is 0.348 e.